The molecule has 1 unspecified atom stereocenters. The van der Waals surface area contributed by atoms with Gasteiger partial charge >= 0.3 is 0 Å². The van der Waals surface area contributed by atoms with Gasteiger partial charge in [0.1, 0.15) is 0 Å². The first-order valence-electron chi connectivity index (χ1n) is 3.26. The van der Waals surface area contributed by atoms with Gasteiger partial charge in [-0.05, 0) is 11.6 Å². The molecule has 4 heteroatoms. The molecule has 0 saturated heterocycles. The molecule has 0 fully saturated rings. The van der Waals surface area contributed by atoms with Gasteiger partial charge in [0.2, 0.25) is 0 Å². The first-order chi connectivity index (χ1) is 4.88. The minimum Gasteiger partial charge on any atom is -0.319 e. The second kappa shape index (κ2) is 4.45. The smallest absolute Gasteiger partial charge is 0.0682 e. The molecule has 2 nitrogen and oxygen atoms in total. The van der Waals surface area contributed by atoms with Crippen molar-refractivity contribution in [2.24, 2.45) is 5.73 Å². The van der Waals surface area contributed by atoms with Crippen molar-refractivity contribution >= 4 is 30.9 Å². The largest absolute Gasteiger partial charge is 0.319 e. The molecule has 0 aliphatic heterocycles. The Morgan fingerprint density at radius 1 is 1.33 bits per heavy atom. The minimum absolute atomic E-state index is 0. The Kier molecular flexibility index (Phi) is 4.24. The Balaban J connectivity index is 0.000000605. The quantitative estimate of drug-likeness (QED) is 0.702. The van der Waals surface area contributed by atoms with Crippen LogP contribution in [0.1, 0.15) is 17.3 Å². The lowest BCUT2D eigenvalue weighted by Gasteiger charge is -2.00. The molecule has 1 aliphatic rings. The predicted molar refractivity (Wildman–Crippen MR) is 54.7 cm³/mol. The number of rotatable bonds is 0. The van der Waals surface area contributed by atoms with Crippen molar-refractivity contribution in [1.29, 1.82) is 0 Å². The SMILES string of the molecule is Cl.Cl.NC1C=Cc2cccnc21. The van der Waals surface area contributed by atoms with Crippen LogP contribution < -0.4 is 5.73 Å². The average Bonchev–Trinajstić information content (AvgIpc) is 2.34. The second-order valence-corrected chi connectivity index (χ2v) is 2.36. The van der Waals surface area contributed by atoms with Crippen molar-refractivity contribution in [2.75, 3.05) is 0 Å². The van der Waals surface area contributed by atoms with Gasteiger partial charge in [-0.1, -0.05) is 18.2 Å². The molecular weight excluding hydrogens is 195 g/mol. The predicted octanol–water partition coefficient (Wildman–Crippen LogP) is 1.95. The maximum atomic E-state index is 5.70. The molecule has 0 radical (unpaired) electrons. The molecule has 1 heterocycles. The fourth-order valence-corrected chi connectivity index (χ4v) is 1.15. The summed E-state index contributed by atoms with van der Waals surface area (Å²) >= 11 is 0. The highest BCUT2D eigenvalue weighted by Gasteiger charge is 2.12. The zero-order valence-electron chi connectivity index (χ0n) is 6.31. The van der Waals surface area contributed by atoms with Crippen LogP contribution in [0.4, 0.5) is 0 Å². The van der Waals surface area contributed by atoms with Crippen molar-refractivity contribution < 1.29 is 0 Å². The third-order valence-corrected chi connectivity index (χ3v) is 1.67. The van der Waals surface area contributed by atoms with Gasteiger partial charge in [0.25, 0.3) is 0 Å². The van der Waals surface area contributed by atoms with E-state index in [1.54, 1.807) is 6.20 Å². The highest BCUT2D eigenvalue weighted by molar-refractivity contribution is 5.85. The zero-order valence-corrected chi connectivity index (χ0v) is 7.94. The van der Waals surface area contributed by atoms with Crippen LogP contribution in [-0.4, -0.2) is 4.98 Å². The molecule has 1 aromatic heterocycles. The highest BCUT2D eigenvalue weighted by Crippen LogP contribution is 2.22. The van der Waals surface area contributed by atoms with Crippen LogP contribution >= 0.6 is 24.8 Å². The summed E-state index contributed by atoms with van der Waals surface area (Å²) in [5.41, 5.74) is 7.83. The van der Waals surface area contributed by atoms with E-state index in [4.69, 9.17) is 5.73 Å². The number of halogens is 2. The molecule has 0 saturated carbocycles. The molecule has 1 aromatic rings. The topological polar surface area (TPSA) is 38.9 Å². The lowest BCUT2D eigenvalue weighted by molar-refractivity contribution is 0.879. The number of pyridine rings is 1. The number of fused-ring (bicyclic) bond motifs is 1. The van der Waals surface area contributed by atoms with E-state index < -0.39 is 0 Å². The fourth-order valence-electron chi connectivity index (χ4n) is 1.15. The number of nitrogens with two attached hydrogens (primary N) is 1. The summed E-state index contributed by atoms with van der Waals surface area (Å²) in [4.78, 5) is 4.15. The second-order valence-electron chi connectivity index (χ2n) is 2.36. The van der Waals surface area contributed by atoms with Crippen molar-refractivity contribution in [3.05, 3.63) is 35.7 Å². The number of hydrogen-bond acceptors (Lipinski definition) is 2. The molecule has 12 heavy (non-hydrogen) atoms. The van der Waals surface area contributed by atoms with Gasteiger partial charge in [0, 0.05) is 6.20 Å². The molecule has 1 atom stereocenters. The van der Waals surface area contributed by atoms with Crippen LogP contribution in [-0.2, 0) is 0 Å². The zero-order chi connectivity index (χ0) is 6.97. The summed E-state index contributed by atoms with van der Waals surface area (Å²) in [6.45, 7) is 0. The van der Waals surface area contributed by atoms with Gasteiger partial charge in [-0.2, -0.15) is 0 Å². The molecular formula is C8H10Cl2N2. The highest BCUT2D eigenvalue weighted by atomic mass is 35.5. The summed E-state index contributed by atoms with van der Waals surface area (Å²) in [6.07, 6.45) is 5.73. The summed E-state index contributed by atoms with van der Waals surface area (Å²) < 4.78 is 0. The van der Waals surface area contributed by atoms with E-state index in [-0.39, 0.29) is 30.9 Å². The molecule has 0 spiro atoms. The third-order valence-electron chi connectivity index (χ3n) is 1.67. The molecule has 0 bridgehead atoms. The summed E-state index contributed by atoms with van der Waals surface area (Å²) in [6, 6.07) is 3.95. The van der Waals surface area contributed by atoms with Gasteiger partial charge in [0.15, 0.2) is 0 Å². The summed E-state index contributed by atoms with van der Waals surface area (Å²) in [7, 11) is 0. The van der Waals surface area contributed by atoms with Gasteiger partial charge in [0.05, 0.1) is 11.7 Å². The van der Waals surface area contributed by atoms with E-state index in [9.17, 15) is 0 Å². The number of aromatic nitrogens is 1. The van der Waals surface area contributed by atoms with Gasteiger partial charge in [-0.15, -0.1) is 24.8 Å². The number of hydrogen-bond donors (Lipinski definition) is 1. The van der Waals surface area contributed by atoms with Crippen LogP contribution in [0.5, 0.6) is 0 Å². The number of nitrogens with zero attached hydrogens (tertiary/aromatic N) is 1. The summed E-state index contributed by atoms with van der Waals surface area (Å²) in [5, 5.41) is 0. The Bertz CT molecular complexity index is 286. The van der Waals surface area contributed by atoms with Crippen molar-refractivity contribution in [2.45, 2.75) is 6.04 Å². The van der Waals surface area contributed by atoms with Gasteiger partial charge in [-0.25, -0.2) is 0 Å². The molecule has 0 amide bonds. The third kappa shape index (κ3) is 1.78. The standard InChI is InChI=1S/C8H8N2.2ClH/c9-7-4-3-6-2-1-5-10-8(6)7;;/h1-5,7H,9H2;2*1H. The lowest BCUT2D eigenvalue weighted by Crippen LogP contribution is -2.06. The molecule has 2 rings (SSSR count). The van der Waals surface area contributed by atoms with Gasteiger partial charge < -0.3 is 5.73 Å². The minimum atomic E-state index is 0. The van der Waals surface area contributed by atoms with E-state index in [2.05, 4.69) is 4.98 Å². The maximum absolute atomic E-state index is 5.70. The van der Waals surface area contributed by atoms with Crippen LogP contribution in [0.3, 0.4) is 0 Å². The fraction of sp³-hybridized carbons (Fsp3) is 0.125. The Morgan fingerprint density at radius 3 is 2.75 bits per heavy atom. The van der Waals surface area contributed by atoms with Crippen molar-refractivity contribution in [3.8, 4) is 0 Å². The van der Waals surface area contributed by atoms with Crippen molar-refractivity contribution in [1.82, 2.24) is 4.98 Å². The van der Waals surface area contributed by atoms with E-state index in [1.165, 1.54) is 0 Å². The molecule has 2 N–H and O–H groups in total. The van der Waals surface area contributed by atoms with Crippen LogP contribution in [0.25, 0.3) is 6.08 Å². The average molecular weight is 205 g/mol. The Hall–Kier alpha value is -0.570. The molecule has 66 valence electrons. The first-order valence-corrected chi connectivity index (χ1v) is 3.26. The van der Waals surface area contributed by atoms with E-state index in [0.717, 1.165) is 11.3 Å². The van der Waals surface area contributed by atoms with Gasteiger partial charge in [-0.3, -0.25) is 4.98 Å². The monoisotopic (exact) mass is 204 g/mol. The Labute approximate surface area is 83.7 Å². The normalized spacial score (nSPS) is 17.6. The van der Waals surface area contributed by atoms with Crippen LogP contribution in [0.2, 0.25) is 0 Å². The van der Waals surface area contributed by atoms with Crippen LogP contribution in [0.15, 0.2) is 24.4 Å². The van der Waals surface area contributed by atoms with E-state index in [1.807, 2.05) is 24.3 Å². The Morgan fingerprint density at radius 2 is 2.08 bits per heavy atom. The van der Waals surface area contributed by atoms with Crippen molar-refractivity contribution in [3.63, 3.8) is 0 Å². The van der Waals surface area contributed by atoms with E-state index >= 15 is 0 Å². The molecule has 1 aliphatic carbocycles. The first kappa shape index (κ1) is 11.4. The lowest BCUT2D eigenvalue weighted by atomic mass is 10.2. The maximum Gasteiger partial charge on any atom is 0.0682 e. The van der Waals surface area contributed by atoms with Crippen LogP contribution in [0, 0.1) is 0 Å². The molecule has 0 aromatic carbocycles. The van der Waals surface area contributed by atoms with E-state index in [0.29, 0.717) is 0 Å². The summed E-state index contributed by atoms with van der Waals surface area (Å²) in [5.74, 6) is 0.